The first-order valence-corrected chi connectivity index (χ1v) is 7.44. The summed E-state index contributed by atoms with van der Waals surface area (Å²) in [4.78, 5) is 13.8. The van der Waals surface area contributed by atoms with Gasteiger partial charge in [-0.05, 0) is 24.6 Å². The standard InChI is InChI=1S/C16H21NO4/c1-3-15(18)17-6-7-21-16(2,11-17)12-4-5-13-14(10-12)20-9-8-19-13/h4-5,10H,3,6-9,11H2,1-2H3. The summed E-state index contributed by atoms with van der Waals surface area (Å²) in [5.41, 5.74) is 0.513. The number of rotatable bonds is 2. The summed E-state index contributed by atoms with van der Waals surface area (Å²) < 4.78 is 17.2. The number of benzene rings is 1. The van der Waals surface area contributed by atoms with Gasteiger partial charge in [0.15, 0.2) is 11.5 Å². The predicted octanol–water partition coefficient (Wildman–Crippen LogP) is 1.94. The monoisotopic (exact) mass is 291 g/mol. The molecule has 1 fully saturated rings. The number of hydrogen-bond donors (Lipinski definition) is 0. The predicted molar refractivity (Wildman–Crippen MR) is 77.6 cm³/mol. The molecule has 0 aliphatic carbocycles. The molecule has 0 radical (unpaired) electrons. The van der Waals surface area contributed by atoms with E-state index in [0.29, 0.717) is 39.3 Å². The number of morpholine rings is 1. The fraction of sp³-hybridized carbons (Fsp3) is 0.562. The van der Waals surface area contributed by atoms with Crippen molar-refractivity contribution in [1.29, 1.82) is 0 Å². The molecule has 1 amide bonds. The fourth-order valence-electron chi connectivity index (χ4n) is 2.85. The zero-order chi connectivity index (χ0) is 14.9. The normalized spacial score (nSPS) is 24.8. The average Bonchev–Trinajstić information content (AvgIpc) is 2.53. The van der Waals surface area contributed by atoms with Crippen molar-refractivity contribution < 1.29 is 19.0 Å². The number of nitrogens with zero attached hydrogens (tertiary/aromatic N) is 1. The molecular formula is C16H21NO4. The number of ether oxygens (including phenoxy) is 3. The summed E-state index contributed by atoms with van der Waals surface area (Å²) in [6, 6.07) is 5.88. The molecule has 1 aromatic rings. The van der Waals surface area contributed by atoms with E-state index in [4.69, 9.17) is 14.2 Å². The van der Waals surface area contributed by atoms with Gasteiger partial charge in [0.25, 0.3) is 0 Å². The molecule has 3 rings (SSSR count). The third-order valence-electron chi connectivity index (χ3n) is 4.08. The Morgan fingerprint density at radius 2 is 2.00 bits per heavy atom. The second-order valence-corrected chi connectivity index (χ2v) is 5.61. The Bertz CT molecular complexity index is 545. The highest BCUT2D eigenvalue weighted by Crippen LogP contribution is 2.37. The molecule has 1 aromatic carbocycles. The van der Waals surface area contributed by atoms with Gasteiger partial charge in [-0.1, -0.05) is 13.0 Å². The number of amides is 1. The van der Waals surface area contributed by atoms with Crippen LogP contribution in [0.1, 0.15) is 25.8 Å². The number of fused-ring (bicyclic) bond motifs is 1. The maximum atomic E-state index is 11.9. The summed E-state index contributed by atoms with van der Waals surface area (Å²) in [5, 5.41) is 0. The van der Waals surface area contributed by atoms with E-state index in [1.54, 1.807) is 0 Å². The molecule has 114 valence electrons. The van der Waals surface area contributed by atoms with Crippen molar-refractivity contribution >= 4 is 5.91 Å². The van der Waals surface area contributed by atoms with Crippen LogP contribution in [0.4, 0.5) is 0 Å². The largest absolute Gasteiger partial charge is 0.486 e. The van der Waals surface area contributed by atoms with Crippen molar-refractivity contribution in [3.05, 3.63) is 23.8 Å². The zero-order valence-electron chi connectivity index (χ0n) is 12.6. The average molecular weight is 291 g/mol. The van der Waals surface area contributed by atoms with Gasteiger partial charge in [0.05, 0.1) is 13.2 Å². The molecule has 0 N–H and O–H groups in total. The first-order valence-electron chi connectivity index (χ1n) is 7.44. The lowest BCUT2D eigenvalue weighted by Gasteiger charge is -2.41. The zero-order valence-corrected chi connectivity index (χ0v) is 12.6. The van der Waals surface area contributed by atoms with E-state index in [-0.39, 0.29) is 5.91 Å². The van der Waals surface area contributed by atoms with Crippen molar-refractivity contribution in [3.8, 4) is 11.5 Å². The van der Waals surface area contributed by atoms with Gasteiger partial charge in [-0.3, -0.25) is 4.79 Å². The molecular weight excluding hydrogens is 270 g/mol. The molecule has 2 aliphatic heterocycles. The molecule has 2 aliphatic rings. The smallest absolute Gasteiger partial charge is 0.222 e. The quantitative estimate of drug-likeness (QED) is 0.835. The van der Waals surface area contributed by atoms with Gasteiger partial charge >= 0.3 is 0 Å². The lowest BCUT2D eigenvalue weighted by atomic mass is 9.93. The molecule has 1 atom stereocenters. The lowest BCUT2D eigenvalue weighted by Crippen LogP contribution is -2.50. The van der Waals surface area contributed by atoms with Crippen molar-refractivity contribution in [3.63, 3.8) is 0 Å². The lowest BCUT2D eigenvalue weighted by molar-refractivity contribution is -0.149. The molecule has 5 heteroatoms. The minimum absolute atomic E-state index is 0.169. The summed E-state index contributed by atoms with van der Waals surface area (Å²) in [5.74, 6) is 1.69. The Kier molecular flexibility index (Phi) is 3.76. The van der Waals surface area contributed by atoms with Crippen LogP contribution in [0.2, 0.25) is 0 Å². The summed E-state index contributed by atoms with van der Waals surface area (Å²) in [6.07, 6.45) is 0.525. The van der Waals surface area contributed by atoms with Crippen LogP contribution in [0.5, 0.6) is 11.5 Å². The van der Waals surface area contributed by atoms with Crippen molar-refractivity contribution in [2.75, 3.05) is 32.9 Å². The molecule has 0 saturated carbocycles. The van der Waals surface area contributed by atoms with E-state index in [9.17, 15) is 4.79 Å². The molecule has 2 heterocycles. The molecule has 1 saturated heterocycles. The highest BCUT2D eigenvalue weighted by molar-refractivity contribution is 5.76. The molecule has 1 unspecified atom stereocenters. The van der Waals surface area contributed by atoms with Crippen LogP contribution in [0.15, 0.2) is 18.2 Å². The van der Waals surface area contributed by atoms with Crippen molar-refractivity contribution in [1.82, 2.24) is 4.90 Å². The van der Waals surface area contributed by atoms with Gasteiger partial charge < -0.3 is 19.1 Å². The van der Waals surface area contributed by atoms with Crippen LogP contribution in [-0.4, -0.2) is 43.7 Å². The van der Waals surface area contributed by atoms with Gasteiger partial charge in [0.1, 0.15) is 18.8 Å². The molecule has 21 heavy (non-hydrogen) atoms. The SMILES string of the molecule is CCC(=O)N1CCOC(C)(c2ccc3c(c2)OCCO3)C1. The first-order chi connectivity index (χ1) is 10.1. The summed E-state index contributed by atoms with van der Waals surface area (Å²) in [6.45, 7) is 6.84. The Labute approximate surface area is 124 Å². The first kappa shape index (κ1) is 14.2. The van der Waals surface area contributed by atoms with Crippen LogP contribution >= 0.6 is 0 Å². The maximum Gasteiger partial charge on any atom is 0.222 e. The van der Waals surface area contributed by atoms with Gasteiger partial charge in [-0.25, -0.2) is 0 Å². The minimum atomic E-state index is -0.501. The van der Waals surface area contributed by atoms with Gasteiger partial charge in [0.2, 0.25) is 5.91 Å². The van der Waals surface area contributed by atoms with Crippen molar-refractivity contribution in [2.45, 2.75) is 25.9 Å². The van der Waals surface area contributed by atoms with Gasteiger partial charge in [-0.15, -0.1) is 0 Å². The Morgan fingerprint density at radius 1 is 1.24 bits per heavy atom. The van der Waals surface area contributed by atoms with E-state index < -0.39 is 5.60 Å². The van der Waals surface area contributed by atoms with Crippen LogP contribution in [0, 0.1) is 0 Å². The maximum absolute atomic E-state index is 11.9. The van der Waals surface area contributed by atoms with Crippen LogP contribution in [-0.2, 0) is 15.1 Å². The van der Waals surface area contributed by atoms with Gasteiger partial charge in [0, 0.05) is 13.0 Å². The Balaban J connectivity index is 1.85. The van der Waals surface area contributed by atoms with Crippen LogP contribution in [0.3, 0.4) is 0 Å². The third kappa shape index (κ3) is 2.70. The van der Waals surface area contributed by atoms with Crippen molar-refractivity contribution in [2.24, 2.45) is 0 Å². The van der Waals surface area contributed by atoms with E-state index in [1.807, 2.05) is 36.9 Å². The second kappa shape index (κ2) is 5.56. The van der Waals surface area contributed by atoms with E-state index >= 15 is 0 Å². The molecule has 0 aromatic heterocycles. The molecule has 5 nitrogen and oxygen atoms in total. The summed E-state index contributed by atoms with van der Waals surface area (Å²) in [7, 11) is 0. The number of carbonyl (C=O) groups excluding carboxylic acids is 1. The Morgan fingerprint density at radius 3 is 2.76 bits per heavy atom. The Hall–Kier alpha value is -1.75. The minimum Gasteiger partial charge on any atom is -0.486 e. The van der Waals surface area contributed by atoms with E-state index in [2.05, 4.69) is 0 Å². The van der Waals surface area contributed by atoms with Crippen LogP contribution in [0.25, 0.3) is 0 Å². The van der Waals surface area contributed by atoms with Gasteiger partial charge in [-0.2, -0.15) is 0 Å². The topological polar surface area (TPSA) is 48.0 Å². The van der Waals surface area contributed by atoms with E-state index in [0.717, 1.165) is 17.1 Å². The van der Waals surface area contributed by atoms with Crippen LogP contribution < -0.4 is 9.47 Å². The number of hydrogen-bond acceptors (Lipinski definition) is 4. The number of carbonyl (C=O) groups is 1. The molecule has 0 bridgehead atoms. The fourth-order valence-corrected chi connectivity index (χ4v) is 2.85. The highest BCUT2D eigenvalue weighted by atomic mass is 16.6. The second-order valence-electron chi connectivity index (χ2n) is 5.61. The summed E-state index contributed by atoms with van der Waals surface area (Å²) >= 11 is 0. The molecule has 0 spiro atoms. The third-order valence-corrected chi connectivity index (χ3v) is 4.08. The van der Waals surface area contributed by atoms with E-state index in [1.165, 1.54) is 0 Å². The highest BCUT2D eigenvalue weighted by Gasteiger charge is 2.36.